The molecule has 3 aromatic rings. The van der Waals surface area contributed by atoms with Crippen LogP contribution in [0.25, 0.3) is 0 Å². The van der Waals surface area contributed by atoms with Crippen molar-refractivity contribution in [2.24, 2.45) is 0 Å². The molecule has 0 aliphatic heterocycles. The molecule has 0 atom stereocenters. The summed E-state index contributed by atoms with van der Waals surface area (Å²) in [6.07, 6.45) is 0.382. The molecule has 3 aromatic carbocycles. The number of rotatable bonds is 9. The maximum absolute atomic E-state index is 12.3. The molecule has 7 nitrogen and oxygen atoms in total. The van der Waals surface area contributed by atoms with Crippen molar-refractivity contribution in [3.8, 4) is 0 Å². The number of nitrogens with one attached hydrogen (secondary N) is 4. The van der Waals surface area contributed by atoms with E-state index in [1.165, 1.54) is 0 Å². The maximum Gasteiger partial charge on any atom is 0.251 e. The Morgan fingerprint density at radius 2 is 1.48 bits per heavy atom. The van der Waals surface area contributed by atoms with Gasteiger partial charge in [0.2, 0.25) is 11.8 Å². The van der Waals surface area contributed by atoms with Gasteiger partial charge in [0.25, 0.3) is 5.91 Å². The van der Waals surface area contributed by atoms with Crippen molar-refractivity contribution in [1.82, 2.24) is 5.32 Å². The van der Waals surface area contributed by atoms with Crippen molar-refractivity contribution in [3.05, 3.63) is 89.5 Å². The second-order valence-corrected chi connectivity index (χ2v) is 7.58. The van der Waals surface area contributed by atoms with Gasteiger partial charge in [-0.05, 0) is 54.4 Å². The van der Waals surface area contributed by atoms with Gasteiger partial charge in [0, 0.05) is 35.6 Å². The van der Waals surface area contributed by atoms with Crippen molar-refractivity contribution in [1.29, 1.82) is 0 Å². The van der Waals surface area contributed by atoms with Crippen LogP contribution in [0.2, 0.25) is 0 Å². The Bertz CT molecular complexity index is 1110. The van der Waals surface area contributed by atoms with E-state index in [0.717, 1.165) is 16.8 Å². The minimum atomic E-state index is -0.226. The first-order chi connectivity index (χ1) is 15.9. The molecule has 7 heteroatoms. The van der Waals surface area contributed by atoms with E-state index in [-0.39, 0.29) is 24.3 Å². The molecule has 0 aliphatic carbocycles. The first-order valence-corrected chi connectivity index (χ1v) is 10.8. The number of anilines is 3. The summed E-state index contributed by atoms with van der Waals surface area (Å²) in [6.45, 7) is 4.20. The van der Waals surface area contributed by atoms with Crippen LogP contribution in [0.15, 0.2) is 72.8 Å². The largest absolute Gasteiger partial charge is 0.376 e. The van der Waals surface area contributed by atoms with Crippen molar-refractivity contribution >= 4 is 34.8 Å². The van der Waals surface area contributed by atoms with Crippen LogP contribution >= 0.6 is 0 Å². The highest BCUT2D eigenvalue weighted by Crippen LogP contribution is 2.20. The SMILES string of the molecule is CCC(=O)Nc1cc(NC(=O)CNc2ccc(C(=O)NCc3ccccc3)cc2)ccc1C. The minimum Gasteiger partial charge on any atom is -0.376 e. The summed E-state index contributed by atoms with van der Waals surface area (Å²) >= 11 is 0. The standard InChI is InChI=1S/C26H28N4O3/c1-3-24(31)30-23-15-22(12-9-18(23)2)29-25(32)17-27-21-13-10-20(11-14-21)26(33)28-16-19-7-5-4-6-8-19/h4-15,27H,3,16-17H2,1-2H3,(H,28,33)(H,29,32)(H,30,31). The lowest BCUT2D eigenvalue weighted by molar-refractivity contribution is -0.116. The van der Waals surface area contributed by atoms with Crippen LogP contribution in [-0.4, -0.2) is 24.3 Å². The summed E-state index contributed by atoms with van der Waals surface area (Å²) in [5.41, 5.74) is 4.49. The molecule has 0 aliphatic rings. The van der Waals surface area contributed by atoms with Crippen LogP contribution in [0.4, 0.5) is 17.1 Å². The molecular formula is C26H28N4O3. The van der Waals surface area contributed by atoms with Gasteiger partial charge in [0.1, 0.15) is 0 Å². The van der Waals surface area contributed by atoms with Gasteiger partial charge >= 0.3 is 0 Å². The zero-order valence-corrected chi connectivity index (χ0v) is 18.8. The number of hydrogen-bond acceptors (Lipinski definition) is 4. The highest BCUT2D eigenvalue weighted by molar-refractivity contribution is 5.96. The third-order valence-corrected chi connectivity index (χ3v) is 5.01. The molecule has 0 spiro atoms. The zero-order chi connectivity index (χ0) is 23.6. The Morgan fingerprint density at radius 1 is 0.788 bits per heavy atom. The normalized spacial score (nSPS) is 10.2. The van der Waals surface area contributed by atoms with Gasteiger partial charge in [-0.3, -0.25) is 14.4 Å². The lowest BCUT2D eigenvalue weighted by Gasteiger charge is -2.12. The lowest BCUT2D eigenvalue weighted by atomic mass is 10.1. The van der Waals surface area contributed by atoms with Gasteiger partial charge in [-0.15, -0.1) is 0 Å². The molecule has 0 radical (unpaired) electrons. The van der Waals surface area contributed by atoms with Crippen LogP contribution < -0.4 is 21.3 Å². The topological polar surface area (TPSA) is 99.3 Å². The molecule has 0 aromatic heterocycles. The second kappa shape index (κ2) is 11.5. The average molecular weight is 445 g/mol. The fourth-order valence-electron chi connectivity index (χ4n) is 3.08. The van der Waals surface area contributed by atoms with Gasteiger partial charge in [0.05, 0.1) is 6.54 Å². The number of amides is 3. The molecule has 3 amide bonds. The molecule has 0 saturated heterocycles. The van der Waals surface area contributed by atoms with Crippen LogP contribution in [0.3, 0.4) is 0 Å². The van der Waals surface area contributed by atoms with Crippen molar-refractivity contribution in [2.75, 3.05) is 22.5 Å². The molecule has 33 heavy (non-hydrogen) atoms. The molecule has 3 rings (SSSR count). The van der Waals surface area contributed by atoms with Crippen molar-refractivity contribution in [3.63, 3.8) is 0 Å². The summed E-state index contributed by atoms with van der Waals surface area (Å²) in [4.78, 5) is 36.3. The Morgan fingerprint density at radius 3 is 2.18 bits per heavy atom. The van der Waals surface area contributed by atoms with Gasteiger partial charge in [0.15, 0.2) is 0 Å². The minimum absolute atomic E-state index is 0.0596. The van der Waals surface area contributed by atoms with Crippen molar-refractivity contribution < 1.29 is 14.4 Å². The van der Waals surface area contributed by atoms with Crippen LogP contribution in [0.5, 0.6) is 0 Å². The number of carbonyl (C=O) groups excluding carboxylic acids is 3. The molecule has 0 unspecified atom stereocenters. The third-order valence-electron chi connectivity index (χ3n) is 5.01. The number of benzene rings is 3. The van der Waals surface area contributed by atoms with Gasteiger partial charge in [-0.25, -0.2) is 0 Å². The number of carbonyl (C=O) groups is 3. The highest BCUT2D eigenvalue weighted by Gasteiger charge is 2.08. The smallest absolute Gasteiger partial charge is 0.251 e. The summed E-state index contributed by atoms with van der Waals surface area (Å²) < 4.78 is 0. The maximum atomic E-state index is 12.3. The van der Waals surface area contributed by atoms with E-state index in [1.54, 1.807) is 43.3 Å². The molecule has 0 heterocycles. The first kappa shape index (κ1) is 23.5. The van der Waals surface area contributed by atoms with Crippen LogP contribution in [-0.2, 0) is 16.1 Å². The molecular weight excluding hydrogens is 416 g/mol. The zero-order valence-electron chi connectivity index (χ0n) is 18.8. The van der Waals surface area contributed by atoms with E-state index < -0.39 is 0 Å². The fraction of sp³-hybridized carbons (Fsp3) is 0.192. The van der Waals surface area contributed by atoms with E-state index in [2.05, 4.69) is 21.3 Å². The van der Waals surface area contributed by atoms with Crippen LogP contribution in [0.1, 0.15) is 34.8 Å². The Labute approximate surface area is 193 Å². The Kier molecular flexibility index (Phi) is 8.18. The van der Waals surface area contributed by atoms with Gasteiger partial charge in [-0.1, -0.05) is 43.3 Å². The Balaban J connectivity index is 1.49. The average Bonchev–Trinajstić information content (AvgIpc) is 2.84. The summed E-state index contributed by atoms with van der Waals surface area (Å²) in [5, 5.41) is 11.6. The van der Waals surface area contributed by atoms with Crippen molar-refractivity contribution in [2.45, 2.75) is 26.8 Å². The number of hydrogen-bond donors (Lipinski definition) is 4. The quantitative estimate of drug-likeness (QED) is 0.395. The van der Waals surface area contributed by atoms with E-state index in [1.807, 2.05) is 43.3 Å². The predicted octanol–water partition coefficient (Wildman–Crippen LogP) is 4.32. The first-order valence-electron chi connectivity index (χ1n) is 10.8. The molecule has 0 bridgehead atoms. The van der Waals surface area contributed by atoms with E-state index in [4.69, 9.17) is 0 Å². The summed E-state index contributed by atoms with van der Waals surface area (Å²) in [7, 11) is 0. The summed E-state index contributed by atoms with van der Waals surface area (Å²) in [6, 6.07) is 22.0. The molecule has 170 valence electrons. The van der Waals surface area contributed by atoms with E-state index in [9.17, 15) is 14.4 Å². The summed E-state index contributed by atoms with van der Waals surface area (Å²) in [5.74, 6) is -0.467. The lowest BCUT2D eigenvalue weighted by Crippen LogP contribution is -2.23. The predicted molar refractivity (Wildman–Crippen MR) is 131 cm³/mol. The Hall–Kier alpha value is -4.13. The monoisotopic (exact) mass is 444 g/mol. The fourth-order valence-corrected chi connectivity index (χ4v) is 3.08. The van der Waals surface area contributed by atoms with Gasteiger partial charge in [-0.2, -0.15) is 0 Å². The number of aryl methyl sites for hydroxylation is 1. The van der Waals surface area contributed by atoms with Crippen LogP contribution in [0, 0.1) is 6.92 Å². The molecule has 4 N–H and O–H groups in total. The van der Waals surface area contributed by atoms with Gasteiger partial charge < -0.3 is 21.3 Å². The third kappa shape index (κ3) is 7.21. The van der Waals surface area contributed by atoms with E-state index in [0.29, 0.717) is 29.9 Å². The second-order valence-electron chi connectivity index (χ2n) is 7.58. The van der Waals surface area contributed by atoms with E-state index >= 15 is 0 Å². The molecule has 0 fully saturated rings. The highest BCUT2D eigenvalue weighted by atomic mass is 16.2. The molecule has 0 saturated carbocycles.